The SMILES string of the molecule is CCCCCCCCCCCCCCCCCCCCCCCCCCCCC1CCCO1. The summed E-state index contributed by atoms with van der Waals surface area (Å²) in [5.74, 6) is 0. The topological polar surface area (TPSA) is 9.23 Å². The Morgan fingerprint density at radius 3 is 1.00 bits per heavy atom. The number of hydrogen-bond donors (Lipinski definition) is 0. The second kappa shape index (κ2) is 26.6. The summed E-state index contributed by atoms with van der Waals surface area (Å²) < 4.78 is 5.71. The van der Waals surface area contributed by atoms with Crippen molar-refractivity contribution in [3.63, 3.8) is 0 Å². The summed E-state index contributed by atoms with van der Waals surface area (Å²) in [5.41, 5.74) is 0. The van der Waals surface area contributed by atoms with Crippen molar-refractivity contribution in [2.45, 2.75) is 199 Å². The van der Waals surface area contributed by atoms with E-state index in [1.54, 1.807) is 0 Å². The molecule has 1 heterocycles. The maximum atomic E-state index is 5.71. The van der Waals surface area contributed by atoms with Gasteiger partial charge in [0.05, 0.1) is 6.10 Å². The molecule has 1 heteroatoms. The van der Waals surface area contributed by atoms with Crippen molar-refractivity contribution in [1.29, 1.82) is 0 Å². The molecule has 0 aromatic carbocycles. The molecule has 0 N–H and O–H groups in total. The van der Waals surface area contributed by atoms with Gasteiger partial charge in [-0.1, -0.05) is 174 Å². The Kier molecular flexibility index (Phi) is 24.9. The van der Waals surface area contributed by atoms with E-state index in [1.165, 1.54) is 186 Å². The summed E-state index contributed by atoms with van der Waals surface area (Å²) >= 11 is 0. The molecule has 0 radical (unpaired) electrons. The summed E-state index contributed by atoms with van der Waals surface area (Å²) in [6, 6.07) is 0. The van der Waals surface area contributed by atoms with E-state index < -0.39 is 0 Å². The van der Waals surface area contributed by atoms with Gasteiger partial charge in [-0.3, -0.25) is 0 Å². The van der Waals surface area contributed by atoms with Gasteiger partial charge in [0.2, 0.25) is 0 Å². The lowest BCUT2D eigenvalue weighted by Crippen LogP contribution is -2.03. The van der Waals surface area contributed by atoms with Crippen LogP contribution in [-0.2, 0) is 4.74 Å². The minimum Gasteiger partial charge on any atom is -0.378 e. The van der Waals surface area contributed by atoms with E-state index >= 15 is 0 Å². The molecule has 0 saturated carbocycles. The highest BCUT2D eigenvalue weighted by molar-refractivity contribution is 4.64. The summed E-state index contributed by atoms with van der Waals surface area (Å²) in [6.45, 7) is 3.32. The lowest BCUT2D eigenvalue weighted by Gasteiger charge is -2.08. The molecule has 1 saturated heterocycles. The summed E-state index contributed by atoms with van der Waals surface area (Å²) in [4.78, 5) is 0. The smallest absolute Gasteiger partial charge is 0.0576 e. The van der Waals surface area contributed by atoms with Gasteiger partial charge < -0.3 is 4.74 Å². The molecule has 1 unspecified atom stereocenters. The van der Waals surface area contributed by atoms with Gasteiger partial charge >= 0.3 is 0 Å². The molecule has 1 atom stereocenters. The molecule has 1 fully saturated rings. The molecular weight excluding hydrogens is 400 g/mol. The van der Waals surface area contributed by atoms with Crippen molar-refractivity contribution < 1.29 is 4.74 Å². The number of unbranched alkanes of at least 4 members (excludes halogenated alkanes) is 25. The Morgan fingerprint density at radius 1 is 0.424 bits per heavy atom. The first-order valence-corrected chi connectivity index (χ1v) is 16.0. The zero-order valence-electron chi connectivity index (χ0n) is 23.2. The molecular formula is C32H64O. The van der Waals surface area contributed by atoms with Crippen molar-refractivity contribution in [3.8, 4) is 0 Å². The molecule has 1 nitrogen and oxygen atoms in total. The second-order valence-corrected chi connectivity index (χ2v) is 11.3. The minimum absolute atomic E-state index is 0.611. The molecule has 33 heavy (non-hydrogen) atoms. The summed E-state index contributed by atoms with van der Waals surface area (Å²) in [7, 11) is 0. The first-order chi connectivity index (χ1) is 16.4. The third-order valence-electron chi connectivity index (χ3n) is 7.90. The standard InChI is InChI=1S/C32H64O/c1-2-3-4-5-6-7-8-9-10-11-12-13-14-15-16-17-18-19-20-21-22-23-24-25-26-27-29-32-30-28-31-33-32/h32H,2-31H2,1H3. The minimum atomic E-state index is 0.611. The maximum absolute atomic E-state index is 5.71. The molecule has 0 aliphatic carbocycles. The van der Waals surface area contributed by atoms with Crippen LogP contribution in [0.1, 0.15) is 193 Å². The van der Waals surface area contributed by atoms with E-state index in [2.05, 4.69) is 6.92 Å². The second-order valence-electron chi connectivity index (χ2n) is 11.3. The van der Waals surface area contributed by atoms with Crippen LogP contribution in [0.3, 0.4) is 0 Å². The van der Waals surface area contributed by atoms with Crippen LogP contribution in [0.25, 0.3) is 0 Å². The molecule has 0 amide bonds. The summed E-state index contributed by atoms with van der Waals surface area (Å²) in [6.07, 6.45) is 42.8. The van der Waals surface area contributed by atoms with Crippen molar-refractivity contribution >= 4 is 0 Å². The van der Waals surface area contributed by atoms with Gasteiger partial charge in [0.25, 0.3) is 0 Å². The molecule has 0 aromatic rings. The van der Waals surface area contributed by atoms with Crippen LogP contribution in [0.2, 0.25) is 0 Å². The predicted molar refractivity (Wildman–Crippen MR) is 149 cm³/mol. The van der Waals surface area contributed by atoms with Gasteiger partial charge in [0.1, 0.15) is 0 Å². The Hall–Kier alpha value is -0.0400. The maximum Gasteiger partial charge on any atom is 0.0576 e. The van der Waals surface area contributed by atoms with Crippen molar-refractivity contribution in [2.75, 3.05) is 6.61 Å². The average molecular weight is 465 g/mol. The van der Waals surface area contributed by atoms with E-state index in [9.17, 15) is 0 Å². The highest BCUT2D eigenvalue weighted by Gasteiger charge is 2.14. The van der Waals surface area contributed by atoms with Gasteiger partial charge in [-0.05, 0) is 19.3 Å². The Morgan fingerprint density at radius 2 is 0.727 bits per heavy atom. The van der Waals surface area contributed by atoms with Crippen LogP contribution < -0.4 is 0 Å². The van der Waals surface area contributed by atoms with E-state index in [-0.39, 0.29) is 0 Å². The normalized spacial score (nSPS) is 16.1. The van der Waals surface area contributed by atoms with Crippen molar-refractivity contribution in [2.24, 2.45) is 0 Å². The number of rotatable bonds is 27. The zero-order chi connectivity index (χ0) is 23.5. The Bertz CT molecular complexity index is 346. The molecule has 1 aliphatic rings. The van der Waals surface area contributed by atoms with Gasteiger partial charge in [0.15, 0.2) is 0 Å². The number of ether oxygens (including phenoxy) is 1. The summed E-state index contributed by atoms with van der Waals surface area (Å²) in [5, 5.41) is 0. The van der Waals surface area contributed by atoms with Crippen LogP contribution in [0.5, 0.6) is 0 Å². The van der Waals surface area contributed by atoms with Crippen LogP contribution in [0.4, 0.5) is 0 Å². The molecule has 0 aromatic heterocycles. The molecule has 0 bridgehead atoms. The fourth-order valence-electron chi connectivity index (χ4n) is 5.56. The van der Waals surface area contributed by atoms with Crippen LogP contribution in [0, 0.1) is 0 Å². The molecule has 1 rings (SSSR count). The first-order valence-electron chi connectivity index (χ1n) is 16.0. The first kappa shape index (κ1) is 31.0. The van der Waals surface area contributed by atoms with Gasteiger partial charge in [-0.15, -0.1) is 0 Å². The predicted octanol–water partition coefficient (Wildman–Crippen LogP) is 11.7. The highest BCUT2D eigenvalue weighted by Crippen LogP contribution is 2.19. The fourth-order valence-corrected chi connectivity index (χ4v) is 5.56. The molecule has 198 valence electrons. The van der Waals surface area contributed by atoms with Gasteiger partial charge in [0, 0.05) is 6.61 Å². The van der Waals surface area contributed by atoms with Crippen molar-refractivity contribution in [3.05, 3.63) is 0 Å². The van der Waals surface area contributed by atoms with Crippen LogP contribution >= 0.6 is 0 Å². The monoisotopic (exact) mass is 464 g/mol. The van der Waals surface area contributed by atoms with Gasteiger partial charge in [-0.2, -0.15) is 0 Å². The van der Waals surface area contributed by atoms with E-state index in [4.69, 9.17) is 4.74 Å². The Labute approximate surface area is 210 Å². The van der Waals surface area contributed by atoms with E-state index in [1.807, 2.05) is 0 Å². The average Bonchev–Trinajstić information content (AvgIpc) is 3.35. The Balaban J connectivity index is 1.60. The van der Waals surface area contributed by atoms with E-state index in [0.717, 1.165) is 6.61 Å². The van der Waals surface area contributed by atoms with Crippen LogP contribution in [-0.4, -0.2) is 12.7 Å². The van der Waals surface area contributed by atoms with Crippen LogP contribution in [0.15, 0.2) is 0 Å². The highest BCUT2D eigenvalue weighted by atomic mass is 16.5. The number of hydrogen-bond acceptors (Lipinski definition) is 1. The van der Waals surface area contributed by atoms with Crippen molar-refractivity contribution in [1.82, 2.24) is 0 Å². The largest absolute Gasteiger partial charge is 0.378 e. The third kappa shape index (κ3) is 23.5. The zero-order valence-corrected chi connectivity index (χ0v) is 23.2. The molecule has 0 spiro atoms. The quantitative estimate of drug-likeness (QED) is 0.110. The lowest BCUT2D eigenvalue weighted by molar-refractivity contribution is 0.102. The fraction of sp³-hybridized carbons (Fsp3) is 1.00. The van der Waals surface area contributed by atoms with Gasteiger partial charge in [-0.25, -0.2) is 0 Å². The van der Waals surface area contributed by atoms with E-state index in [0.29, 0.717) is 6.10 Å². The third-order valence-corrected chi connectivity index (χ3v) is 7.90. The lowest BCUT2D eigenvalue weighted by atomic mass is 10.0. The molecule has 1 aliphatic heterocycles.